The molecule has 0 saturated carbocycles. The highest BCUT2D eigenvalue weighted by Gasteiger charge is 2.19. The maximum absolute atomic E-state index is 12.8. The van der Waals surface area contributed by atoms with Gasteiger partial charge in [0.2, 0.25) is 11.8 Å². The number of carboxylic acid groups (broad SMARTS) is 1. The third-order valence-electron chi connectivity index (χ3n) is 10.9. The van der Waals surface area contributed by atoms with Gasteiger partial charge in [0.15, 0.2) is 0 Å². The molecule has 2 unspecified atom stereocenters. The Kier molecular flexibility index (Phi) is 42.4. The first kappa shape index (κ1) is 56.1. The number of aliphatic carboxylic acids is 1. The summed E-state index contributed by atoms with van der Waals surface area (Å²) in [5, 5.41) is 22.6. The molecular formula is C50H90N2O7. The van der Waals surface area contributed by atoms with E-state index in [0.29, 0.717) is 12.8 Å². The molecule has 0 heterocycles. The van der Waals surface area contributed by atoms with Crippen molar-refractivity contribution >= 4 is 23.8 Å². The zero-order chi connectivity index (χ0) is 43.3. The maximum Gasteiger partial charge on any atom is 0.328 e. The number of ether oxygens (including phenoxy) is 1. The monoisotopic (exact) mass is 831 g/mol. The summed E-state index contributed by atoms with van der Waals surface area (Å²) in [5.41, 5.74) is 0. The predicted octanol–water partition coefficient (Wildman–Crippen LogP) is 12.5. The van der Waals surface area contributed by atoms with Crippen LogP contribution in [0.1, 0.15) is 232 Å². The Balaban J connectivity index is 4.34. The topological polar surface area (TPSA) is 142 Å². The van der Waals surface area contributed by atoms with Crippen molar-refractivity contribution in [2.75, 3.05) is 13.2 Å². The minimum Gasteiger partial charge on any atom is -0.480 e. The molecule has 9 heteroatoms. The molecule has 0 spiro atoms. The van der Waals surface area contributed by atoms with Gasteiger partial charge in [-0.15, -0.1) is 0 Å². The summed E-state index contributed by atoms with van der Waals surface area (Å²) in [7, 11) is 0. The van der Waals surface area contributed by atoms with Crippen molar-refractivity contribution in [3.05, 3.63) is 36.5 Å². The number of rotatable bonds is 44. The lowest BCUT2D eigenvalue weighted by Crippen LogP contribution is -2.47. The first-order valence-corrected chi connectivity index (χ1v) is 24.4. The summed E-state index contributed by atoms with van der Waals surface area (Å²) in [6, 6.07) is -1.39. The summed E-state index contributed by atoms with van der Waals surface area (Å²) < 4.78 is 6.03. The number of carboxylic acids is 1. The molecule has 2 atom stereocenters. The second-order valence-electron chi connectivity index (χ2n) is 16.5. The van der Waals surface area contributed by atoms with Gasteiger partial charge in [-0.3, -0.25) is 14.4 Å². The average molecular weight is 831 g/mol. The number of nitrogens with one attached hydrogen (secondary N) is 2. The standard InChI is InChI=1S/C50H90N2O7/c1-3-5-7-9-11-13-15-17-18-19-20-21-23-25-27-29-34-38-42-49(56)59-45(39-35-31-28-26-24-22-16-14-12-10-8-6-4-2)40-36-32-30-33-37-41-47(54)51-43-48(55)52-46(44-53)50(57)58/h16,18-19,22,26,28,45-46,53H,3-15,17,20-21,23-25,27,29-44H2,1-2H3,(H,51,54)(H,52,55)(H,57,58)/b19-18-,22-16-,28-26-. The van der Waals surface area contributed by atoms with Crippen molar-refractivity contribution in [1.82, 2.24) is 10.6 Å². The normalized spacial score (nSPS) is 12.7. The Labute approximate surface area is 361 Å². The van der Waals surface area contributed by atoms with E-state index in [0.717, 1.165) is 70.6 Å². The number of allylic oxidation sites excluding steroid dienone is 6. The summed E-state index contributed by atoms with van der Waals surface area (Å²) in [4.78, 5) is 47.7. The lowest BCUT2D eigenvalue weighted by atomic mass is 10.0. The number of amides is 2. The van der Waals surface area contributed by atoms with Gasteiger partial charge >= 0.3 is 11.9 Å². The number of carbonyl (C=O) groups excluding carboxylic acids is 3. The van der Waals surface area contributed by atoms with Gasteiger partial charge in [0.05, 0.1) is 13.2 Å². The lowest BCUT2D eigenvalue weighted by Gasteiger charge is -2.18. The smallest absolute Gasteiger partial charge is 0.328 e. The molecule has 0 fully saturated rings. The van der Waals surface area contributed by atoms with E-state index in [1.165, 1.54) is 128 Å². The molecule has 59 heavy (non-hydrogen) atoms. The molecule has 0 bridgehead atoms. The quantitative estimate of drug-likeness (QED) is 0.0272. The van der Waals surface area contributed by atoms with Gasteiger partial charge in [-0.25, -0.2) is 4.79 Å². The lowest BCUT2D eigenvalue weighted by molar-refractivity contribution is -0.150. The van der Waals surface area contributed by atoms with Gasteiger partial charge < -0.3 is 25.6 Å². The third kappa shape index (κ3) is 41.6. The summed E-state index contributed by atoms with van der Waals surface area (Å²) in [6.45, 7) is 3.48. The Morgan fingerprint density at radius 3 is 1.44 bits per heavy atom. The van der Waals surface area contributed by atoms with Crippen LogP contribution in [-0.2, 0) is 23.9 Å². The SMILES string of the molecule is CCCCCCC/C=C\C/C=C\CCCC(CCCCCCCC(=O)NCC(=O)NC(CO)C(=O)O)OC(=O)CCCCCCCCC/C=C\CCCCCCCCC. The highest BCUT2D eigenvalue weighted by Crippen LogP contribution is 2.18. The first-order valence-electron chi connectivity index (χ1n) is 24.4. The Morgan fingerprint density at radius 1 is 0.508 bits per heavy atom. The minimum atomic E-state index is -1.39. The van der Waals surface area contributed by atoms with E-state index < -0.39 is 24.5 Å². The second kappa shape index (κ2) is 44.6. The number of hydrogen-bond donors (Lipinski definition) is 4. The van der Waals surface area contributed by atoms with E-state index in [1.54, 1.807) is 0 Å². The molecular weight excluding hydrogens is 741 g/mol. The third-order valence-corrected chi connectivity index (χ3v) is 10.9. The number of hydrogen-bond acceptors (Lipinski definition) is 6. The predicted molar refractivity (Wildman–Crippen MR) is 245 cm³/mol. The molecule has 0 rings (SSSR count). The van der Waals surface area contributed by atoms with Crippen LogP contribution in [0, 0.1) is 0 Å². The van der Waals surface area contributed by atoms with Crippen LogP contribution >= 0.6 is 0 Å². The van der Waals surface area contributed by atoms with Gasteiger partial charge in [0.25, 0.3) is 0 Å². The minimum absolute atomic E-state index is 0.0587. The van der Waals surface area contributed by atoms with E-state index in [9.17, 15) is 19.2 Å². The van der Waals surface area contributed by atoms with Gasteiger partial charge in [-0.2, -0.15) is 0 Å². The van der Waals surface area contributed by atoms with Gasteiger partial charge in [-0.05, 0) is 89.9 Å². The highest BCUT2D eigenvalue weighted by atomic mass is 16.5. The van der Waals surface area contributed by atoms with Crippen molar-refractivity contribution < 1.29 is 34.1 Å². The summed E-state index contributed by atoms with van der Waals surface area (Å²) >= 11 is 0. The van der Waals surface area contributed by atoms with Crippen LogP contribution < -0.4 is 10.6 Å². The zero-order valence-corrected chi connectivity index (χ0v) is 38.0. The molecule has 0 saturated heterocycles. The van der Waals surface area contributed by atoms with Gasteiger partial charge in [0, 0.05) is 12.8 Å². The number of aliphatic hydroxyl groups is 1. The van der Waals surface area contributed by atoms with Crippen LogP contribution in [0.3, 0.4) is 0 Å². The first-order chi connectivity index (χ1) is 28.8. The van der Waals surface area contributed by atoms with Crippen molar-refractivity contribution in [1.29, 1.82) is 0 Å². The Morgan fingerprint density at radius 2 is 0.932 bits per heavy atom. The molecule has 0 radical (unpaired) electrons. The van der Waals surface area contributed by atoms with Crippen molar-refractivity contribution in [3.63, 3.8) is 0 Å². The Hall–Kier alpha value is -2.94. The fourth-order valence-corrected chi connectivity index (χ4v) is 7.10. The van der Waals surface area contributed by atoms with E-state index >= 15 is 0 Å². The second-order valence-corrected chi connectivity index (χ2v) is 16.5. The largest absolute Gasteiger partial charge is 0.480 e. The van der Waals surface area contributed by atoms with E-state index in [4.69, 9.17) is 14.9 Å². The van der Waals surface area contributed by atoms with Crippen molar-refractivity contribution in [3.8, 4) is 0 Å². The fourth-order valence-electron chi connectivity index (χ4n) is 7.10. The number of carbonyl (C=O) groups is 4. The Bertz CT molecular complexity index is 1090. The summed E-state index contributed by atoms with van der Waals surface area (Å²) in [6.07, 6.45) is 51.7. The van der Waals surface area contributed by atoms with E-state index in [-0.39, 0.29) is 30.9 Å². The van der Waals surface area contributed by atoms with Crippen LogP contribution in [0.2, 0.25) is 0 Å². The summed E-state index contributed by atoms with van der Waals surface area (Å²) in [5.74, 6) is -2.32. The molecule has 0 aliphatic rings. The molecule has 4 N–H and O–H groups in total. The van der Waals surface area contributed by atoms with Crippen molar-refractivity contribution in [2.24, 2.45) is 0 Å². The number of esters is 1. The van der Waals surface area contributed by atoms with Crippen LogP contribution in [0.4, 0.5) is 0 Å². The molecule has 0 aliphatic heterocycles. The molecule has 0 aliphatic carbocycles. The van der Waals surface area contributed by atoms with Crippen LogP contribution in [0.15, 0.2) is 36.5 Å². The maximum atomic E-state index is 12.8. The molecule has 0 aromatic heterocycles. The molecule has 9 nitrogen and oxygen atoms in total. The highest BCUT2D eigenvalue weighted by molar-refractivity contribution is 5.87. The van der Waals surface area contributed by atoms with Gasteiger partial charge in [-0.1, -0.05) is 166 Å². The average Bonchev–Trinajstić information content (AvgIpc) is 3.22. The van der Waals surface area contributed by atoms with Crippen LogP contribution in [0.25, 0.3) is 0 Å². The van der Waals surface area contributed by atoms with Crippen LogP contribution in [0.5, 0.6) is 0 Å². The van der Waals surface area contributed by atoms with Gasteiger partial charge in [0.1, 0.15) is 12.1 Å². The van der Waals surface area contributed by atoms with Crippen LogP contribution in [-0.4, -0.2) is 59.3 Å². The number of aliphatic hydroxyl groups excluding tert-OH is 1. The fraction of sp³-hybridized carbons (Fsp3) is 0.800. The van der Waals surface area contributed by atoms with Crippen molar-refractivity contribution in [2.45, 2.75) is 244 Å². The zero-order valence-electron chi connectivity index (χ0n) is 38.0. The molecule has 0 aromatic rings. The molecule has 2 amide bonds. The molecule has 0 aromatic carbocycles. The molecule has 342 valence electrons. The van der Waals surface area contributed by atoms with E-state index in [1.807, 2.05) is 0 Å². The van der Waals surface area contributed by atoms with E-state index in [2.05, 4.69) is 60.9 Å². The number of unbranched alkanes of at least 4 members (excludes halogenated alkanes) is 24.